The average Bonchev–Trinajstić information content (AvgIpc) is 2.48. The van der Waals surface area contributed by atoms with E-state index in [0.717, 1.165) is 16.9 Å². The van der Waals surface area contributed by atoms with E-state index >= 15 is 0 Å². The first-order valence-electron chi connectivity index (χ1n) is 6.71. The van der Waals surface area contributed by atoms with Gasteiger partial charge >= 0.3 is 0 Å². The molecule has 0 amide bonds. The van der Waals surface area contributed by atoms with Gasteiger partial charge in [0.05, 0.1) is 19.8 Å². The molecule has 0 fully saturated rings. The fourth-order valence-electron chi connectivity index (χ4n) is 2.07. The Morgan fingerprint density at radius 2 is 1.85 bits per heavy atom. The van der Waals surface area contributed by atoms with Crippen molar-refractivity contribution in [3.05, 3.63) is 59.7 Å². The monoisotopic (exact) mass is 272 g/mol. The van der Waals surface area contributed by atoms with Crippen LogP contribution in [0.5, 0.6) is 11.5 Å². The molecule has 106 valence electrons. The normalized spacial score (nSPS) is 11.9. The molecule has 0 saturated carbocycles. The smallest absolute Gasteiger partial charge is 0.124 e. The van der Waals surface area contributed by atoms with Crippen LogP contribution in [0.3, 0.4) is 0 Å². The molecular weight excluding hydrogens is 252 g/mol. The lowest BCUT2D eigenvalue weighted by Gasteiger charge is -2.16. The molecule has 0 bridgehead atoms. The average molecular weight is 272 g/mol. The van der Waals surface area contributed by atoms with Crippen molar-refractivity contribution in [1.82, 2.24) is 0 Å². The lowest BCUT2D eigenvalue weighted by Crippen LogP contribution is -2.07. The summed E-state index contributed by atoms with van der Waals surface area (Å²) in [6.07, 6.45) is -0.0668. The van der Waals surface area contributed by atoms with Gasteiger partial charge in [-0.25, -0.2) is 0 Å². The Hall–Kier alpha value is -2.00. The predicted molar refractivity (Wildman–Crippen MR) is 79.2 cm³/mol. The molecule has 0 aliphatic rings. The lowest BCUT2D eigenvalue weighted by molar-refractivity contribution is 0.137. The first-order chi connectivity index (χ1) is 9.70. The van der Waals surface area contributed by atoms with Gasteiger partial charge in [0, 0.05) is 12.0 Å². The van der Waals surface area contributed by atoms with Gasteiger partial charge in [0.15, 0.2) is 0 Å². The number of aliphatic hydroxyl groups is 1. The maximum absolute atomic E-state index is 10.3. The highest BCUT2D eigenvalue weighted by Crippen LogP contribution is 2.28. The van der Waals surface area contributed by atoms with Crippen molar-refractivity contribution in [2.24, 2.45) is 0 Å². The second-order valence-corrected chi connectivity index (χ2v) is 4.71. The highest BCUT2D eigenvalue weighted by molar-refractivity contribution is 5.38. The fraction of sp³-hybridized carbons (Fsp3) is 0.294. The summed E-state index contributed by atoms with van der Waals surface area (Å²) in [5, 5.41) is 10.3. The summed E-state index contributed by atoms with van der Waals surface area (Å²) in [5.74, 6) is 1.53. The first-order valence-corrected chi connectivity index (χ1v) is 6.71. The SMILES string of the molecule is COc1ccc(C)cc1C(O)CCOc1ccccc1. The van der Waals surface area contributed by atoms with Crippen LogP contribution >= 0.6 is 0 Å². The molecular formula is C17H20O3. The van der Waals surface area contributed by atoms with Crippen LogP contribution < -0.4 is 9.47 Å². The zero-order valence-electron chi connectivity index (χ0n) is 11.9. The van der Waals surface area contributed by atoms with Gasteiger partial charge in [-0.3, -0.25) is 0 Å². The maximum Gasteiger partial charge on any atom is 0.124 e. The Bertz CT molecular complexity index is 537. The third-order valence-electron chi connectivity index (χ3n) is 3.15. The Balaban J connectivity index is 1.95. The third-order valence-corrected chi connectivity index (χ3v) is 3.15. The van der Waals surface area contributed by atoms with E-state index in [-0.39, 0.29) is 0 Å². The summed E-state index contributed by atoms with van der Waals surface area (Å²) in [4.78, 5) is 0. The van der Waals surface area contributed by atoms with Crippen molar-refractivity contribution in [1.29, 1.82) is 0 Å². The summed E-state index contributed by atoms with van der Waals surface area (Å²) < 4.78 is 10.9. The van der Waals surface area contributed by atoms with E-state index in [2.05, 4.69) is 0 Å². The van der Waals surface area contributed by atoms with E-state index in [1.807, 2.05) is 55.5 Å². The second-order valence-electron chi connectivity index (χ2n) is 4.71. The van der Waals surface area contributed by atoms with Crippen molar-refractivity contribution in [2.75, 3.05) is 13.7 Å². The summed E-state index contributed by atoms with van der Waals surface area (Å²) in [6, 6.07) is 15.4. The number of hydrogen-bond donors (Lipinski definition) is 1. The second kappa shape index (κ2) is 6.96. The van der Waals surface area contributed by atoms with Crippen LogP contribution in [0.15, 0.2) is 48.5 Å². The molecule has 0 aliphatic heterocycles. The van der Waals surface area contributed by atoms with Crippen LogP contribution in [0.2, 0.25) is 0 Å². The van der Waals surface area contributed by atoms with Crippen LogP contribution in [0.25, 0.3) is 0 Å². The lowest BCUT2D eigenvalue weighted by atomic mass is 10.0. The molecule has 0 aliphatic carbocycles. The van der Waals surface area contributed by atoms with Crippen molar-refractivity contribution in [3.63, 3.8) is 0 Å². The first kappa shape index (κ1) is 14.4. The summed E-state index contributed by atoms with van der Waals surface area (Å²) in [5.41, 5.74) is 1.91. The maximum atomic E-state index is 10.3. The van der Waals surface area contributed by atoms with E-state index in [9.17, 15) is 5.11 Å². The molecule has 0 heterocycles. The molecule has 1 atom stereocenters. The number of benzene rings is 2. The number of rotatable bonds is 6. The van der Waals surface area contributed by atoms with Crippen LogP contribution in [0.4, 0.5) is 0 Å². The van der Waals surface area contributed by atoms with Crippen molar-refractivity contribution < 1.29 is 14.6 Å². The van der Waals surface area contributed by atoms with Crippen molar-refractivity contribution in [3.8, 4) is 11.5 Å². The summed E-state index contributed by atoms with van der Waals surface area (Å²) >= 11 is 0. The summed E-state index contributed by atoms with van der Waals surface area (Å²) in [6.45, 7) is 2.46. The molecule has 20 heavy (non-hydrogen) atoms. The predicted octanol–water partition coefficient (Wildman–Crippen LogP) is 3.51. The molecule has 0 aromatic heterocycles. The van der Waals surface area contributed by atoms with E-state index < -0.39 is 6.10 Å². The molecule has 1 unspecified atom stereocenters. The van der Waals surface area contributed by atoms with E-state index in [4.69, 9.17) is 9.47 Å². The standard InChI is InChI=1S/C17H20O3/c1-13-8-9-17(19-2)15(12-13)16(18)10-11-20-14-6-4-3-5-7-14/h3-9,12,16,18H,10-11H2,1-2H3. The molecule has 2 aromatic rings. The number of hydrogen-bond acceptors (Lipinski definition) is 3. The largest absolute Gasteiger partial charge is 0.496 e. The molecule has 0 spiro atoms. The highest BCUT2D eigenvalue weighted by atomic mass is 16.5. The number of methoxy groups -OCH3 is 1. The molecule has 3 nitrogen and oxygen atoms in total. The quantitative estimate of drug-likeness (QED) is 0.874. The van der Waals surface area contributed by atoms with Crippen LogP contribution in [-0.2, 0) is 0 Å². The summed E-state index contributed by atoms with van der Waals surface area (Å²) in [7, 11) is 1.61. The minimum atomic E-state index is -0.589. The minimum absolute atomic E-state index is 0.461. The number of ether oxygens (including phenoxy) is 2. The van der Waals surface area contributed by atoms with E-state index in [1.165, 1.54) is 0 Å². The van der Waals surface area contributed by atoms with E-state index in [1.54, 1.807) is 7.11 Å². The fourth-order valence-corrected chi connectivity index (χ4v) is 2.07. The Morgan fingerprint density at radius 3 is 2.55 bits per heavy atom. The Kier molecular flexibility index (Phi) is 5.02. The van der Waals surface area contributed by atoms with Gasteiger partial charge < -0.3 is 14.6 Å². The van der Waals surface area contributed by atoms with E-state index in [0.29, 0.717) is 18.8 Å². The van der Waals surface area contributed by atoms with Crippen molar-refractivity contribution in [2.45, 2.75) is 19.4 Å². The van der Waals surface area contributed by atoms with Crippen molar-refractivity contribution >= 4 is 0 Å². The Morgan fingerprint density at radius 1 is 1.10 bits per heavy atom. The number of aliphatic hydroxyl groups excluding tert-OH is 1. The van der Waals surface area contributed by atoms with Gasteiger partial charge in [0.25, 0.3) is 0 Å². The molecule has 2 rings (SSSR count). The molecule has 0 radical (unpaired) electrons. The zero-order valence-corrected chi connectivity index (χ0v) is 11.9. The molecule has 0 saturated heterocycles. The van der Waals surface area contributed by atoms with Gasteiger partial charge in [-0.1, -0.05) is 29.8 Å². The van der Waals surface area contributed by atoms with Crippen LogP contribution in [0.1, 0.15) is 23.7 Å². The third kappa shape index (κ3) is 3.75. The van der Waals surface area contributed by atoms with Gasteiger partial charge in [-0.15, -0.1) is 0 Å². The number of para-hydroxylation sites is 1. The van der Waals surface area contributed by atoms with Gasteiger partial charge in [-0.2, -0.15) is 0 Å². The van der Waals surface area contributed by atoms with Crippen LogP contribution in [-0.4, -0.2) is 18.8 Å². The topological polar surface area (TPSA) is 38.7 Å². The van der Waals surface area contributed by atoms with Gasteiger partial charge in [-0.05, 0) is 31.2 Å². The zero-order chi connectivity index (χ0) is 14.4. The van der Waals surface area contributed by atoms with Gasteiger partial charge in [0.2, 0.25) is 0 Å². The molecule has 3 heteroatoms. The van der Waals surface area contributed by atoms with Crippen LogP contribution in [0, 0.1) is 6.92 Å². The minimum Gasteiger partial charge on any atom is -0.496 e. The molecule has 1 N–H and O–H groups in total. The Labute approximate surface area is 119 Å². The molecule has 2 aromatic carbocycles. The van der Waals surface area contributed by atoms with Gasteiger partial charge in [0.1, 0.15) is 11.5 Å². The number of aryl methyl sites for hydroxylation is 1. The highest BCUT2D eigenvalue weighted by Gasteiger charge is 2.13.